The molecule has 170 valence electrons. The summed E-state index contributed by atoms with van der Waals surface area (Å²) in [6, 6.07) is 17.3. The molecule has 4 heterocycles. The lowest BCUT2D eigenvalue weighted by atomic mass is 9.80. The van der Waals surface area contributed by atoms with Gasteiger partial charge >= 0.3 is 0 Å². The van der Waals surface area contributed by atoms with Crippen LogP contribution in [0.2, 0.25) is 5.02 Å². The molecule has 2 aliphatic rings. The molecule has 0 radical (unpaired) electrons. The molecule has 0 saturated heterocycles. The molecule has 0 bridgehead atoms. The van der Waals surface area contributed by atoms with Crippen LogP contribution in [0.1, 0.15) is 40.9 Å². The molecule has 4 aromatic rings. The Morgan fingerprint density at radius 3 is 2.76 bits per heavy atom. The maximum Gasteiger partial charge on any atom is 0.227 e. The summed E-state index contributed by atoms with van der Waals surface area (Å²) in [4.78, 5) is 23.9. The van der Waals surface area contributed by atoms with Gasteiger partial charge in [-0.2, -0.15) is 4.98 Å². The first-order chi connectivity index (χ1) is 16.7. The van der Waals surface area contributed by atoms with Crippen LogP contribution in [0.4, 0.5) is 5.95 Å². The van der Waals surface area contributed by atoms with Crippen molar-refractivity contribution in [1.82, 2.24) is 19.7 Å². The fourth-order valence-corrected chi connectivity index (χ4v) is 6.25. The molecule has 0 unspecified atom stereocenters. The van der Waals surface area contributed by atoms with Crippen LogP contribution in [0.5, 0.6) is 0 Å². The molecule has 6 rings (SSSR count). The molecule has 9 heteroatoms. The molecule has 1 aromatic carbocycles. The molecule has 1 aliphatic heterocycles. The zero-order valence-electron chi connectivity index (χ0n) is 18.0. The quantitative estimate of drug-likeness (QED) is 0.330. The van der Waals surface area contributed by atoms with Crippen molar-refractivity contribution in [3.05, 3.63) is 98.6 Å². The maximum atomic E-state index is 13.5. The number of carbonyl (C=O) groups excluding carboxylic acids is 1. The molecular formula is C25H20ClN5OS2. The van der Waals surface area contributed by atoms with Crippen LogP contribution < -0.4 is 5.32 Å². The number of anilines is 1. The lowest BCUT2D eigenvalue weighted by Gasteiger charge is -2.34. The van der Waals surface area contributed by atoms with Crippen LogP contribution in [-0.4, -0.2) is 25.5 Å². The van der Waals surface area contributed by atoms with E-state index >= 15 is 0 Å². The highest BCUT2D eigenvalue weighted by molar-refractivity contribution is 7.98. The van der Waals surface area contributed by atoms with Crippen LogP contribution in [0.15, 0.2) is 82.6 Å². The summed E-state index contributed by atoms with van der Waals surface area (Å²) in [7, 11) is 0. The Kier molecular flexibility index (Phi) is 5.72. The second kappa shape index (κ2) is 9.02. The van der Waals surface area contributed by atoms with E-state index in [1.165, 1.54) is 16.6 Å². The lowest BCUT2D eigenvalue weighted by molar-refractivity contribution is -0.116. The van der Waals surface area contributed by atoms with Gasteiger partial charge in [0.25, 0.3) is 0 Å². The van der Waals surface area contributed by atoms with Gasteiger partial charge in [-0.05, 0) is 47.7 Å². The van der Waals surface area contributed by atoms with Crippen molar-refractivity contribution in [2.45, 2.75) is 35.7 Å². The highest BCUT2D eigenvalue weighted by Gasteiger charge is 2.40. The van der Waals surface area contributed by atoms with E-state index in [0.29, 0.717) is 28.3 Å². The van der Waals surface area contributed by atoms with Gasteiger partial charge in [-0.3, -0.25) is 9.78 Å². The van der Waals surface area contributed by atoms with E-state index < -0.39 is 0 Å². The zero-order chi connectivity index (χ0) is 23.1. The van der Waals surface area contributed by atoms with Crippen molar-refractivity contribution in [2.75, 3.05) is 5.32 Å². The summed E-state index contributed by atoms with van der Waals surface area (Å²) < 4.78 is 1.84. The highest BCUT2D eigenvalue weighted by atomic mass is 35.5. The van der Waals surface area contributed by atoms with Gasteiger partial charge in [-0.25, -0.2) is 4.68 Å². The topological polar surface area (TPSA) is 72.7 Å². The Balaban J connectivity index is 1.37. The average molecular weight is 506 g/mol. The third kappa shape index (κ3) is 4.06. The monoisotopic (exact) mass is 505 g/mol. The Bertz CT molecular complexity index is 1370. The van der Waals surface area contributed by atoms with E-state index in [9.17, 15) is 4.79 Å². The fraction of sp³-hybridized carbons (Fsp3) is 0.200. The number of halogens is 1. The summed E-state index contributed by atoms with van der Waals surface area (Å²) in [5.41, 5.74) is 3.65. The van der Waals surface area contributed by atoms with Crippen LogP contribution in [-0.2, 0) is 10.5 Å². The largest absolute Gasteiger partial charge is 0.328 e. The molecule has 0 amide bonds. The number of thioether (sulfide) groups is 1. The predicted octanol–water partition coefficient (Wildman–Crippen LogP) is 6.10. The van der Waals surface area contributed by atoms with Gasteiger partial charge in [0.1, 0.15) is 6.04 Å². The van der Waals surface area contributed by atoms with Gasteiger partial charge in [-0.1, -0.05) is 47.6 Å². The number of nitrogens with zero attached hydrogens (tertiary/aromatic N) is 4. The van der Waals surface area contributed by atoms with E-state index in [1.54, 1.807) is 17.5 Å². The lowest BCUT2D eigenvalue weighted by Crippen LogP contribution is -2.33. The van der Waals surface area contributed by atoms with E-state index in [2.05, 4.69) is 21.7 Å². The van der Waals surface area contributed by atoms with Crippen molar-refractivity contribution in [2.24, 2.45) is 0 Å². The van der Waals surface area contributed by atoms with E-state index in [-0.39, 0.29) is 17.7 Å². The van der Waals surface area contributed by atoms with Gasteiger partial charge in [0.15, 0.2) is 5.78 Å². The van der Waals surface area contributed by atoms with Crippen molar-refractivity contribution >= 4 is 46.4 Å². The zero-order valence-corrected chi connectivity index (χ0v) is 20.4. The number of nitrogens with one attached hydrogen (secondary N) is 1. The number of thiophene rings is 1. The first kappa shape index (κ1) is 21.6. The molecule has 2 atom stereocenters. The maximum absolute atomic E-state index is 13.5. The second-order valence-corrected chi connectivity index (χ2v) is 10.6. The molecule has 3 aromatic heterocycles. The summed E-state index contributed by atoms with van der Waals surface area (Å²) in [5, 5.41) is 11.6. The summed E-state index contributed by atoms with van der Waals surface area (Å²) >= 11 is 9.40. The summed E-state index contributed by atoms with van der Waals surface area (Å²) in [6.45, 7) is 0. The number of hydrogen-bond acceptors (Lipinski definition) is 7. The summed E-state index contributed by atoms with van der Waals surface area (Å²) in [5.74, 6) is 1.65. The average Bonchev–Trinajstić information content (AvgIpc) is 3.53. The van der Waals surface area contributed by atoms with Crippen molar-refractivity contribution in [1.29, 1.82) is 0 Å². The Labute approximate surface area is 210 Å². The number of ketones is 1. The number of hydrogen-bond donors (Lipinski definition) is 1. The van der Waals surface area contributed by atoms with Gasteiger partial charge in [0, 0.05) is 45.5 Å². The number of fused-ring (bicyclic) bond motifs is 1. The van der Waals surface area contributed by atoms with Crippen molar-refractivity contribution in [3.8, 4) is 0 Å². The van der Waals surface area contributed by atoms with Crippen LogP contribution in [0.3, 0.4) is 0 Å². The van der Waals surface area contributed by atoms with Gasteiger partial charge in [0.05, 0.1) is 5.69 Å². The predicted molar refractivity (Wildman–Crippen MR) is 135 cm³/mol. The molecule has 1 aliphatic carbocycles. The van der Waals surface area contributed by atoms with Gasteiger partial charge in [0.2, 0.25) is 11.1 Å². The molecule has 34 heavy (non-hydrogen) atoms. The van der Waals surface area contributed by atoms with E-state index in [0.717, 1.165) is 28.9 Å². The number of carbonyl (C=O) groups is 1. The number of rotatable bonds is 5. The van der Waals surface area contributed by atoms with Gasteiger partial charge in [-0.15, -0.1) is 16.4 Å². The van der Waals surface area contributed by atoms with Crippen LogP contribution in [0, 0.1) is 0 Å². The first-order valence-corrected chi connectivity index (χ1v) is 13.2. The number of allylic oxidation sites excluding steroid dienone is 2. The molecule has 1 N–H and O–H groups in total. The minimum absolute atomic E-state index is 0.149. The van der Waals surface area contributed by atoms with E-state index in [1.807, 2.05) is 53.2 Å². The number of Topliss-reactive ketones (excluding diaryl/α,β-unsaturated/α-hetero) is 1. The third-order valence-corrected chi connectivity index (χ3v) is 8.26. The molecule has 0 spiro atoms. The number of benzene rings is 1. The van der Waals surface area contributed by atoms with Crippen LogP contribution in [0.25, 0.3) is 0 Å². The van der Waals surface area contributed by atoms with Gasteiger partial charge < -0.3 is 5.32 Å². The SMILES string of the molecule is O=C1C[C@H](c2cccs2)CC2=C1[C@H](c1ccc(Cl)cc1)n1nc(SCc3ccccn3)nc1N2. The minimum Gasteiger partial charge on any atom is -0.328 e. The fourth-order valence-electron chi connectivity index (χ4n) is 4.55. The molecule has 0 fully saturated rings. The van der Waals surface area contributed by atoms with Crippen molar-refractivity contribution < 1.29 is 4.79 Å². The smallest absolute Gasteiger partial charge is 0.227 e. The first-order valence-electron chi connectivity index (χ1n) is 11.0. The Morgan fingerprint density at radius 1 is 1.12 bits per heavy atom. The molecule has 0 saturated carbocycles. The molecular weight excluding hydrogens is 486 g/mol. The second-order valence-electron chi connectivity index (χ2n) is 8.29. The minimum atomic E-state index is -0.336. The van der Waals surface area contributed by atoms with Crippen LogP contribution >= 0.6 is 34.7 Å². The number of aromatic nitrogens is 4. The highest BCUT2D eigenvalue weighted by Crippen LogP contribution is 2.45. The normalized spacial score (nSPS) is 19.5. The number of pyridine rings is 1. The summed E-state index contributed by atoms with van der Waals surface area (Å²) in [6.07, 6.45) is 3.05. The third-order valence-electron chi connectivity index (χ3n) is 6.11. The Hall–Kier alpha value is -2.94. The molecule has 6 nitrogen and oxygen atoms in total. The van der Waals surface area contributed by atoms with Crippen molar-refractivity contribution in [3.63, 3.8) is 0 Å². The standard InChI is InChI=1S/C25H20ClN5OS2/c26-17-8-6-15(7-9-17)23-22-19(12-16(13-20(22)32)21-5-3-11-33-21)28-24-29-25(30-31(23)24)34-14-18-4-1-2-10-27-18/h1-11,16,23H,12-14H2,(H,28,29,30)/t16-,23+/m1/s1. The Morgan fingerprint density at radius 2 is 2.00 bits per heavy atom. The van der Waals surface area contributed by atoms with E-state index in [4.69, 9.17) is 21.7 Å².